The number of nitrogens with one attached hydrogen (secondary N) is 2. The molecular formula is C25H30FN7O2. The quantitative estimate of drug-likeness (QED) is 0.500. The van der Waals surface area contributed by atoms with E-state index in [-0.39, 0.29) is 17.8 Å². The molecule has 35 heavy (non-hydrogen) atoms. The summed E-state index contributed by atoms with van der Waals surface area (Å²) in [6.45, 7) is 5.66. The molecule has 0 bridgehead atoms. The van der Waals surface area contributed by atoms with Crippen LogP contribution >= 0.6 is 0 Å². The van der Waals surface area contributed by atoms with Crippen LogP contribution in [0.4, 0.5) is 15.9 Å². The molecule has 0 aromatic carbocycles. The van der Waals surface area contributed by atoms with Gasteiger partial charge in [-0.1, -0.05) is 13.8 Å². The van der Waals surface area contributed by atoms with Gasteiger partial charge < -0.3 is 21.3 Å². The fraction of sp³-hybridized carbons (Fsp3) is 0.440. The zero-order valence-electron chi connectivity index (χ0n) is 20.1. The van der Waals surface area contributed by atoms with Gasteiger partial charge in [-0.25, -0.2) is 13.9 Å². The number of amides is 2. The molecule has 0 spiro atoms. The number of hydrogen-bond acceptors (Lipinski definition) is 6. The third kappa shape index (κ3) is 3.96. The highest BCUT2D eigenvalue weighted by atomic mass is 19.1. The molecule has 5 rings (SSSR count). The van der Waals surface area contributed by atoms with Gasteiger partial charge in [-0.2, -0.15) is 5.10 Å². The molecule has 3 aromatic heterocycles. The Balaban J connectivity index is 1.47. The maximum absolute atomic E-state index is 14.3. The second kappa shape index (κ2) is 8.83. The molecular weight excluding hydrogens is 449 g/mol. The largest absolute Gasteiger partial charge is 0.380 e. The van der Waals surface area contributed by atoms with E-state index in [9.17, 15) is 14.0 Å². The van der Waals surface area contributed by atoms with Crippen LogP contribution in [0.25, 0.3) is 16.6 Å². The summed E-state index contributed by atoms with van der Waals surface area (Å²) in [6, 6.07) is 3.40. The van der Waals surface area contributed by atoms with Crippen molar-refractivity contribution >= 4 is 28.8 Å². The van der Waals surface area contributed by atoms with Gasteiger partial charge in [0, 0.05) is 56.1 Å². The lowest BCUT2D eigenvalue weighted by Crippen LogP contribution is -2.33. The lowest BCUT2D eigenvalue weighted by molar-refractivity contribution is -0.130. The van der Waals surface area contributed by atoms with Crippen LogP contribution in [0.5, 0.6) is 0 Å². The SMILES string of the molecule is CCC(=O)N1C[C@H]2C[C@@H](Nc3c(C(N)=O)cnn4cc(-c5cnc(NC)c(F)c5)cc34)[C@@H](C)[C@@H]2C1. The molecule has 4 atom stereocenters. The molecule has 184 valence electrons. The molecule has 1 aliphatic heterocycles. The van der Waals surface area contributed by atoms with Gasteiger partial charge in [-0.3, -0.25) is 9.59 Å². The van der Waals surface area contributed by atoms with Crippen LogP contribution in [0.1, 0.15) is 37.0 Å². The molecule has 1 saturated heterocycles. The zero-order valence-corrected chi connectivity index (χ0v) is 20.1. The van der Waals surface area contributed by atoms with Crippen molar-refractivity contribution in [3.8, 4) is 11.1 Å². The fourth-order valence-electron chi connectivity index (χ4n) is 5.72. The molecule has 1 aliphatic carbocycles. The van der Waals surface area contributed by atoms with E-state index < -0.39 is 11.7 Å². The monoisotopic (exact) mass is 479 g/mol. The third-order valence-corrected chi connectivity index (χ3v) is 7.66. The van der Waals surface area contributed by atoms with E-state index in [2.05, 4.69) is 27.6 Å². The number of pyridine rings is 1. The summed E-state index contributed by atoms with van der Waals surface area (Å²) in [4.78, 5) is 30.6. The van der Waals surface area contributed by atoms with Crippen molar-refractivity contribution < 1.29 is 14.0 Å². The van der Waals surface area contributed by atoms with E-state index in [4.69, 9.17) is 5.73 Å². The number of carbonyl (C=O) groups excluding carboxylic acids is 2. The number of rotatable bonds is 6. The molecule has 10 heteroatoms. The van der Waals surface area contributed by atoms with E-state index in [1.54, 1.807) is 24.0 Å². The summed E-state index contributed by atoms with van der Waals surface area (Å²) in [5.74, 6) is 0.514. The molecule has 9 nitrogen and oxygen atoms in total. The van der Waals surface area contributed by atoms with Crippen LogP contribution in [0.3, 0.4) is 0 Å². The van der Waals surface area contributed by atoms with Gasteiger partial charge in [0.25, 0.3) is 5.91 Å². The summed E-state index contributed by atoms with van der Waals surface area (Å²) >= 11 is 0. The van der Waals surface area contributed by atoms with Crippen molar-refractivity contribution in [1.82, 2.24) is 19.5 Å². The molecule has 2 aliphatic rings. The Hall–Kier alpha value is -3.69. The molecule has 2 amide bonds. The van der Waals surface area contributed by atoms with Crippen molar-refractivity contribution in [2.75, 3.05) is 30.8 Å². The van der Waals surface area contributed by atoms with Crippen molar-refractivity contribution in [2.45, 2.75) is 32.7 Å². The molecule has 3 aromatic rings. The first kappa shape index (κ1) is 23.1. The normalized spacial score (nSPS) is 23.5. The van der Waals surface area contributed by atoms with Gasteiger partial charge in [-0.05, 0) is 36.3 Å². The van der Waals surface area contributed by atoms with E-state index in [1.165, 1.54) is 12.3 Å². The minimum absolute atomic E-state index is 0.126. The summed E-state index contributed by atoms with van der Waals surface area (Å²) in [7, 11) is 1.61. The number of nitrogens with two attached hydrogens (primary N) is 1. The number of likely N-dealkylation sites (tertiary alicyclic amines) is 1. The second-order valence-corrected chi connectivity index (χ2v) is 9.58. The predicted octanol–water partition coefficient (Wildman–Crippen LogP) is 2.98. The number of halogens is 1. The number of hydrogen-bond donors (Lipinski definition) is 3. The smallest absolute Gasteiger partial charge is 0.252 e. The predicted molar refractivity (Wildman–Crippen MR) is 131 cm³/mol. The minimum atomic E-state index is -0.568. The van der Waals surface area contributed by atoms with Gasteiger partial charge >= 0.3 is 0 Å². The summed E-state index contributed by atoms with van der Waals surface area (Å²) in [6.07, 6.45) is 6.27. The van der Waals surface area contributed by atoms with Crippen LogP contribution in [-0.2, 0) is 4.79 Å². The summed E-state index contributed by atoms with van der Waals surface area (Å²) in [5.41, 5.74) is 8.64. The van der Waals surface area contributed by atoms with E-state index in [0.717, 1.165) is 25.1 Å². The Morgan fingerprint density at radius 1 is 1.23 bits per heavy atom. The number of nitrogens with zero attached hydrogens (tertiary/aromatic N) is 4. The number of carbonyl (C=O) groups is 2. The van der Waals surface area contributed by atoms with Crippen molar-refractivity contribution in [2.24, 2.45) is 23.5 Å². The highest BCUT2D eigenvalue weighted by Gasteiger charge is 2.47. The van der Waals surface area contributed by atoms with Crippen molar-refractivity contribution in [3.05, 3.63) is 42.1 Å². The maximum Gasteiger partial charge on any atom is 0.252 e. The molecule has 0 unspecified atom stereocenters. The van der Waals surface area contributed by atoms with Crippen molar-refractivity contribution in [3.63, 3.8) is 0 Å². The Labute approximate surface area is 202 Å². The topological polar surface area (TPSA) is 118 Å². The number of fused-ring (bicyclic) bond motifs is 2. The standard InChI is InChI=1S/C25H30FN7O2/c1-4-22(34)32-10-16-6-20(13(2)18(16)12-32)31-23-17(24(27)35)9-30-33-11-15(7-21(23)33)14-5-19(26)25(28-3)29-8-14/h5,7-9,11,13,16,18,20,31H,4,6,10,12H2,1-3H3,(H2,27,35)(H,28,29)/t13-,16+,18-,20+/m0/s1. The minimum Gasteiger partial charge on any atom is -0.380 e. The van der Waals surface area contributed by atoms with Gasteiger partial charge in [-0.15, -0.1) is 0 Å². The van der Waals surface area contributed by atoms with E-state index in [1.807, 2.05) is 17.9 Å². The number of primary amides is 1. The second-order valence-electron chi connectivity index (χ2n) is 9.58. The molecule has 4 N–H and O–H groups in total. The van der Waals surface area contributed by atoms with Crippen LogP contribution < -0.4 is 16.4 Å². The zero-order chi connectivity index (χ0) is 24.9. The Morgan fingerprint density at radius 3 is 2.69 bits per heavy atom. The van der Waals surface area contributed by atoms with Crippen LogP contribution in [-0.4, -0.2) is 57.5 Å². The fourth-order valence-corrected chi connectivity index (χ4v) is 5.72. The van der Waals surface area contributed by atoms with Gasteiger partial charge in [0.05, 0.1) is 23.0 Å². The summed E-state index contributed by atoms with van der Waals surface area (Å²) < 4.78 is 16.0. The first-order valence-corrected chi connectivity index (χ1v) is 12.0. The lowest BCUT2D eigenvalue weighted by Gasteiger charge is -2.25. The molecule has 1 saturated carbocycles. The van der Waals surface area contributed by atoms with E-state index >= 15 is 0 Å². The molecule has 2 fully saturated rings. The average molecular weight is 480 g/mol. The lowest BCUT2D eigenvalue weighted by atomic mass is 9.93. The van der Waals surface area contributed by atoms with Crippen LogP contribution in [0, 0.1) is 23.6 Å². The average Bonchev–Trinajstić information content (AvgIpc) is 3.53. The number of anilines is 2. The molecule has 0 radical (unpaired) electrons. The Morgan fingerprint density at radius 2 is 2.03 bits per heavy atom. The van der Waals surface area contributed by atoms with Crippen molar-refractivity contribution in [1.29, 1.82) is 0 Å². The van der Waals surface area contributed by atoms with E-state index in [0.29, 0.717) is 46.5 Å². The first-order chi connectivity index (χ1) is 16.8. The molecule has 4 heterocycles. The number of aromatic nitrogens is 3. The summed E-state index contributed by atoms with van der Waals surface area (Å²) in [5, 5.41) is 10.7. The van der Waals surface area contributed by atoms with Gasteiger partial charge in [0.1, 0.15) is 0 Å². The van der Waals surface area contributed by atoms with Crippen LogP contribution in [0.2, 0.25) is 0 Å². The van der Waals surface area contributed by atoms with Gasteiger partial charge in [0.15, 0.2) is 11.6 Å². The highest BCUT2D eigenvalue weighted by molar-refractivity contribution is 6.02. The van der Waals surface area contributed by atoms with Gasteiger partial charge in [0.2, 0.25) is 5.91 Å². The van der Waals surface area contributed by atoms with Crippen LogP contribution in [0.15, 0.2) is 30.7 Å². The maximum atomic E-state index is 14.3. The highest BCUT2D eigenvalue weighted by Crippen LogP contribution is 2.44. The first-order valence-electron chi connectivity index (χ1n) is 12.0. The third-order valence-electron chi connectivity index (χ3n) is 7.66. The Bertz CT molecular complexity index is 1310. The Kier molecular flexibility index (Phi) is 5.82.